The van der Waals surface area contributed by atoms with Crippen LogP contribution < -0.4 is 11.1 Å². The molecule has 0 bridgehead atoms. The topological polar surface area (TPSA) is 133 Å². The summed E-state index contributed by atoms with van der Waals surface area (Å²) in [5, 5.41) is 21.2. The average Bonchev–Trinajstić information content (AvgIpc) is 2.82. The molecule has 2 heterocycles. The highest BCUT2D eigenvalue weighted by Crippen LogP contribution is 2.50. The van der Waals surface area contributed by atoms with Crippen molar-refractivity contribution in [3.05, 3.63) is 29.3 Å². The van der Waals surface area contributed by atoms with Crippen LogP contribution in [0.25, 0.3) is 0 Å². The molecule has 2 amide bonds. The van der Waals surface area contributed by atoms with Crippen molar-refractivity contribution in [2.24, 2.45) is 5.73 Å². The number of benzene rings is 1. The SMILES string of the molecule is CC1(C)S[C@@H]2[C@H](NC(=O)Cc3ccc(O)cc3CN)C(=O)N2[C@H]1C(=O)O. The predicted octanol–water partition coefficient (Wildman–Crippen LogP) is 0.0251. The maximum absolute atomic E-state index is 12.4. The van der Waals surface area contributed by atoms with Gasteiger partial charge in [-0.15, -0.1) is 11.8 Å². The van der Waals surface area contributed by atoms with Gasteiger partial charge in [-0.25, -0.2) is 4.79 Å². The van der Waals surface area contributed by atoms with E-state index in [1.165, 1.54) is 28.8 Å². The van der Waals surface area contributed by atoms with E-state index in [-0.39, 0.29) is 35.9 Å². The van der Waals surface area contributed by atoms with Crippen LogP contribution in [0, 0.1) is 0 Å². The minimum absolute atomic E-state index is 0.0275. The van der Waals surface area contributed by atoms with Crippen LogP contribution in [0.4, 0.5) is 0 Å². The van der Waals surface area contributed by atoms with Crippen molar-refractivity contribution in [2.45, 2.75) is 49.0 Å². The summed E-state index contributed by atoms with van der Waals surface area (Å²) in [6, 6.07) is 2.98. The number of fused-ring (bicyclic) bond motifs is 1. The molecule has 5 N–H and O–H groups in total. The fraction of sp³-hybridized carbons (Fsp3) is 0.471. The first-order valence-corrected chi connectivity index (χ1v) is 9.06. The zero-order valence-electron chi connectivity index (χ0n) is 14.4. The molecule has 0 aromatic heterocycles. The standard InChI is InChI=1S/C17H21N3O5S/c1-17(2)13(16(24)25)20-14(23)12(15(20)26-17)19-11(22)6-8-3-4-10(21)5-9(8)7-18/h3-5,12-13,15,21H,6-7,18H2,1-2H3,(H,19,22)(H,24,25)/t12-,13+,15-/m1/s1. The summed E-state index contributed by atoms with van der Waals surface area (Å²) in [4.78, 5) is 37.6. The third-order valence-corrected chi connectivity index (χ3v) is 6.32. The van der Waals surface area contributed by atoms with Gasteiger partial charge in [-0.05, 0) is 37.1 Å². The molecule has 2 aliphatic rings. The fourth-order valence-corrected chi connectivity index (χ4v) is 5.14. The molecule has 2 fully saturated rings. The number of phenolic OH excluding ortho intramolecular Hbond substituents is 1. The Morgan fingerprint density at radius 3 is 2.65 bits per heavy atom. The van der Waals surface area contributed by atoms with Crippen molar-refractivity contribution < 1.29 is 24.6 Å². The van der Waals surface area contributed by atoms with Crippen LogP contribution in [0.1, 0.15) is 25.0 Å². The summed E-state index contributed by atoms with van der Waals surface area (Å²) >= 11 is 1.38. The molecule has 2 aliphatic heterocycles. The zero-order valence-corrected chi connectivity index (χ0v) is 15.2. The molecule has 1 aromatic carbocycles. The monoisotopic (exact) mass is 379 g/mol. The number of aromatic hydroxyl groups is 1. The van der Waals surface area contributed by atoms with Crippen molar-refractivity contribution in [1.82, 2.24) is 10.2 Å². The van der Waals surface area contributed by atoms with Crippen molar-refractivity contribution in [3.8, 4) is 5.75 Å². The molecule has 2 saturated heterocycles. The summed E-state index contributed by atoms with van der Waals surface area (Å²) in [6.45, 7) is 3.75. The molecular formula is C17H21N3O5S. The lowest BCUT2D eigenvalue weighted by Gasteiger charge is -2.43. The first kappa shape index (κ1) is 18.5. The van der Waals surface area contributed by atoms with Gasteiger partial charge in [-0.1, -0.05) is 6.07 Å². The molecule has 0 radical (unpaired) electrons. The van der Waals surface area contributed by atoms with Gasteiger partial charge >= 0.3 is 5.97 Å². The van der Waals surface area contributed by atoms with Gasteiger partial charge < -0.3 is 26.2 Å². The number of nitrogens with zero attached hydrogens (tertiary/aromatic N) is 1. The largest absolute Gasteiger partial charge is 0.508 e. The number of thioether (sulfide) groups is 1. The molecule has 1 aromatic rings. The highest BCUT2D eigenvalue weighted by atomic mass is 32.2. The van der Waals surface area contributed by atoms with Crippen molar-refractivity contribution in [2.75, 3.05) is 0 Å². The van der Waals surface area contributed by atoms with Gasteiger partial charge in [0.1, 0.15) is 23.2 Å². The van der Waals surface area contributed by atoms with Gasteiger partial charge in [0.2, 0.25) is 11.8 Å². The first-order chi connectivity index (χ1) is 12.2. The van der Waals surface area contributed by atoms with Crippen LogP contribution >= 0.6 is 11.8 Å². The molecule has 0 saturated carbocycles. The summed E-state index contributed by atoms with van der Waals surface area (Å²) in [5.74, 6) is -1.69. The number of phenols is 1. The molecule has 9 heteroatoms. The second-order valence-corrected chi connectivity index (χ2v) is 8.75. The van der Waals surface area contributed by atoms with Gasteiger partial charge in [0.15, 0.2) is 0 Å². The Morgan fingerprint density at radius 1 is 1.35 bits per heavy atom. The van der Waals surface area contributed by atoms with E-state index in [1.54, 1.807) is 19.9 Å². The van der Waals surface area contributed by atoms with Gasteiger partial charge in [0.25, 0.3) is 0 Å². The van der Waals surface area contributed by atoms with Gasteiger partial charge in [-0.3, -0.25) is 9.59 Å². The van der Waals surface area contributed by atoms with Crippen LogP contribution in [-0.4, -0.2) is 55.1 Å². The van der Waals surface area contributed by atoms with Crippen LogP contribution in [0.2, 0.25) is 0 Å². The van der Waals surface area contributed by atoms with Crippen LogP contribution in [0.3, 0.4) is 0 Å². The molecule has 26 heavy (non-hydrogen) atoms. The van der Waals surface area contributed by atoms with Crippen molar-refractivity contribution in [1.29, 1.82) is 0 Å². The molecule has 0 unspecified atom stereocenters. The molecule has 0 spiro atoms. The van der Waals surface area contributed by atoms with Gasteiger partial charge in [0.05, 0.1) is 6.42 Å². The molecule has 0 aliphatic carbocycles. The summed E-state index contributed by atoms with van der Waals surface area (Å²) in [7, 11) is 0. The number of amides is 2. The lowest BCUT2D eigenvalue weighted by atomic mass is 9.96. The number of carboxylic acids is 1. The number of rotatable bonds is 5. The Morgan fingerprint density at radius 2 is 2.04 bits per heavy atom. The third-order valence-electron chi connectivity index (χ3n) is 4.75. The Bertz CT molecular complexity index is 782. The molecular weight excluding hydrogens is 358 g/mol. The highest BCUT2D eigenvalue weighted by Gasteiger charge is 2.64. The first-order valence-electron chi connectivity index (χ1n) is 8.18. The summed E-state index contributed by atoms with van der Waals surface area (Å²) < 4.78 is -0.630. The van der Waals surface area contributed by atoms with E-state index < -0.39 is 22.8 Å². The minimum atomic E-state index is -1.04. The summed E-state index contributed by atoms with van der Waals surface area (Å²) in [6.07, 6.45) is 0.0275. The van der Waals surface area contributed by atoms with Gasteiger partial charge in [-0.2, -0.15) is 0 Å². The van der Waals surface area contributed by atoms with Crippen molar-refractivity contribution in [3.63, 3.8) is 0 Å². The van der Waals surface area contributed by atoms with E-state index in [2.05, 4.69) is 5.32 Å². The lowest BCUT2D eigenvalue weighted by molar-refractivity contribution is -0.161. The summed E-state index contributed by atoms with van der Waals surface area (Å²) in [5.41, 5.74) is 6.97. The van der Waals surface area contributed by atoms with E-state index in [0.717, 1.165) is 0 Å². The normalized spacial score (nSPS) is 26.2. The van der Waals surface area contributed by atoms with Crippen LogP contribution in [0.5, 0.6) is 5.75 Å². The average molecular weight is 379 g/mol. The lowest BCUT2D eigenvalue weighted by Crippen LogP contribution is -2.70. The maximum atomic E-state index is 12.4. The number of carbonyl (C=O) groups is 3. The number of nitrogens with one attached hydrogen (secondary N) is 1. The maximum Gasteiger partial charge on any atom is 0.327 e. The molecule has 8 nitrogen and oxygen atoms in total. The number of nitrogens with two attached hydrogens (primary N) is 1. The second kappa shape index (κ2) is 6.48. The molecule has 3 atom stereocenters. The number of aliphatic carboxylic acids is 1. The van der Waals surface area contributed by atoms with E-state index in [4.69, 9.17) is 5.73 Å². The number of hydrogen-bond acceptors (Lipinski definition) is 6. The van der Waals surface area contributed by atoms with Crippen LogP contribution in [-0.2, 0) is 27.3 Å². The van der Waals surface area contributed by atoms with Crippen LogP contribution in [0.15, 0.2) is 18.2 Å². The van der Waals surface area contributed by atoms with Gasteiger partial charge in [0, 0.05) is 11.3 Å². The Balaban J connectivity index is 1.69. The van der Waals surface area contributed by atoms with E-state index >= 15 is 0 Å². The third kappa shape index (κ3) is 3.01. The van der Waals surface area contributed by atoms with E-state index in [0.29, 0.717) is 11.1 Å². The molecule has 3 rings (SSSR count). The number of carbonyl (C=O) groups excluding carboxylic acids is 2. The fourth-order valence-electron chi connectivity index (χ4n) is 3.52. The number of hydrogen-bond donors (Lipinski definition) is 4. The predicted molar refractivity (Wildman–Crippen MR) is 95.4 cm³/mol. The second-order valence-electron chi connectivity index (χ2n) is 6.98. The highest BCUT2D eigenvalue weighted by molar-refractivity contribution is 8.01. The zero-order chi connectivity index (χ0) is 19.2. The molecule has 140 valence electrons. The Hall–Kier alpha value is -2.26. The number of β-lactam (4-membered cyclic amide) rings is 1. The van der Waals surface area contributed by atoms with Crippen molar-refractivity contribution >= 4 is 29.5 Å². The Labute approximate surface area is 154 Å². The number of carboxylic acid groups (broad SMARTS) is 1. The van der Waals surface area contributed by atoms with E-state index in [9.17, 15) is 24.6 Å². The Kier molecular flexibility index (Phi) is 4.61. The smallest absolute Gasteiger partial charge is 0.327 e. The quantitative estimate of drug-likeness (QED) is 0.530. The van der Waals surface area contributed by atoms with E-state index in [1.807, 2.05) is 0 Å². The minimum Gasteiger partial charge on any atom is -0.508 e.